The third-order valence-corrected chi connectivity index (χ3v) is 6.53. The van der Waals surface area contributed by atoms with Crippen LogP contribution in [0.25, 0.3) is 0 Å². The van der Waals surface area contributed by atoms with Crippen LogP contribution in [-0.2, 0) is 4.74 Å². The number of furan rings is 1. The number of ether oxygens (including phenoxy) is 1. The summed E-state index contributed by atoms with van der Waals surface area (Å²) in [5, 5.41) is 7.21. The summed E-state index contributed by atoms with van der Waals surface area (Å²) in [6.07, 6.45) is 5.83. The molecule has 0 spiro atoms. The average Bonchev–Trinajstić information content (AvgIpc) is 3.40. The minimum atomic E-state index is 0. The van der Waals surface area contributed by atoms with Crippen molar-refractivity contribution < 1.29 is 9.15 Å². The molecular weight excluding hydrogens is 455 g/mol. The SMILES string of the molecule is CN=C(NCC(c1ccco1)N1CCCC1)NC1C2CCOC2C1(C)C.I. The van der Waals surface area contributed by atoms with E-state index in [0.717, 1.165) is 44.4 Å². The molecule has 1 aromatic heterocycles. The summed E-state index contributed by atoms with van der Waals surface area (Å²) in [6, 6.07) is 4.72. The van der Waals surface area contributed by atoms with E-state index in [-0.39, 0.29) is 35.4 Å². The maximum absolute atomic E-state index is 5.91. The van der Waals surface area contributed by atoms with Crippen LogP contribution in [0.3, 0.4) is 0 Å². The fraction of sp³-hybridized carbons (Fsp3) is 0.750. The van der Waals surface area contributed by atoms with Gasteiger partial charge in [0.1, 0.15) is 5.76 Å². The van der Waals surface area contributed by atoms with Gasteiger partial charge in [-0.25, -0.2) is 0 Å². The summed E-state index contributed by atoms with van der Waals surface area (Å²) in [7, 11) is 1.85. The second-order valence-electron chi connectivity index (χ2n) is 8.41. The number of nitrogens with one attached hydrogen (secondary N) is 2. The van der Waals surface area contributed by atoms with E-state index < -0.39 is 0 Å². The van der Waals surface area contributed by atoms with Gasteiger partial charge in [-0.2, -0.15) is 0 Å². The number of likely N-dealkylation sites (tertiary alicyclic amines) is 1. The summed E-state index contributed by atoms with van der Waals surface area (Å²) in [6.45, 7) is 8.54. The molecule has 0 aromatic carbocycles. The Morgan fingerprint density at radius 3 is 2.81 bits per heavy atom. The number of hydrogen-bond donors (Lipinski definition) is 2. The van der Waals surface area contributed by atoms with Crippen LogP contribution in [0.4, 0.5) is 0 Å². The number of halogens is 1. The highest BCUT2D eigenvalue weighted by atomic mass is 127. The molecule has 4 rings (SSSR count). The molecular formula is C20H33IN4O2. The molecule has 2 N–H and O–H groups in total. The van der Waals surface area contributed by atoms with E-state index in [0.29, 0.717) is 18.1 Å². The lowest BCUT2D eigenvalue weighted by Gasteiger charge is -2.55. The van der Waals surface area contributed by atoms with Crippen molar-refractivity contribution in [1.82, 2.24) is 15.5 Å². The van der Waals surface area contributed by atoms with E-state index in [9.17, 15) is 0 Å². The molecule has 3 aliphatic rings. The predicted octanol–water partition coefficient (Wildman–Crippen LogP) is 3.01. The van der Waals surface area contributed by atoms with Gasteiger partial charge in [0, 0.05) is 37.6 Å². The third-order valence-electron chi connectivity index (χ3n) is 6.53. The van der Waals surface area contributed by atoms with Crippen molar-refractivity contribution in [3.05, 3.63) is 24.2 Å². The number of rotatable bonds is 5. The van der Waals surface area contributed by atoms with Crippen molar-refractivity contribution in [1.29, 1.82) is 0 Å². The first-order valence-electron chi connectivity index (χ1n) is 9.97. The standard InChI is InChI=1S/C20H32N4O2.HI/c1-20(2)17(14-8-12-26-18(14)20)23-19(21-3)22-13-15(16-7-6-11-25-16)24-9-4-5-10-24;/h6-7,11,14-15,17-18H,4-5,8-10,12-13H2,1-3H3,(H2,21,22,23);1H. The van der Waals surface area contributed by atoms with Crippen LogP contribution >= 0.6 is 24.0 Å². The van der Waals surface area contributed by atoms with Crippen LogP contribution in [0.2, 0.25) is 0 Å². The van der Waals surface area contributed by atoms with Crippen molar-refractivity contribution in [2.24, 2.45) is 16.3 Å². The van der Waals surface area contributed by atoms with E-state index in [1.54, 1.807) is 6.26 Å². The Morgan fingerprint density at radius 1 is 1.37 bits per heavy atom. The number of nitrogens with zero attached hydrogens (tertiary/aromatic N) is 2. The van der Waals surface area contributed by atoms with Gasteiger partial charge in [-0.05, 0) is 44.5 Å². The van der Waals surface area contributed by atoms with Gasteiger partial charge in [0.25, 0.3) is 0 Å². The predicted molar refractivity (Wildman–Crippen MR) is 118 cm³/mol. The molecule has 4 atom stereocenters. The Labute approximate surface area is 179 Å². The lowest BCUT2D eigenvalue weighted by molar-refractivity contribution is -0.106. The van der Waals surface area contributed by atoms with Crippen LogP contribution in [0.5, 0.6) is 0 Å². The van der Waals surface area contributed by atoms with Crippen molar-refractivity contribution >= 4 is 29.9 Å². The molecule has 2 saturated heterocycles. The lowest BCUT2D eigenvalue weighted by Crippen LogP contribution is -2.68. The quantitative estimate of drug-likeness (QED) is 0.379. The van der Waals surface area contributed by atoms with Gasteiger partial charge in [-0.3, -0.25) is 9.89 Å². The fourth-order valence-corrected chi connectivity index (χ4v) is 5.10. The Kier molecular flexibility index (Phi) is 6.74. The van der Waals surface area contributed by atoms with Crippen LogP contribution < -0.4 is 10.6 Å². The van der Waals surface area contributed by atoms with Gasteiger partial charge < -0.3 is 19.8 Å². The molecule has 1 saturated carbocycles. The largest absolute Gasteiger partial charge is 0.468 e. The van der Waals surface area contributed by atoms with E-state index >= 15 is 0 Å². The Hall–Kier alpha value is -0.800. The molecule has 0 bridgehead atoms. The van der Waals surface area contributed by atoms with Crippen molar-refractivity contribution in [3.8, 4) is 0 Å². The van der Waals surface area contributed by atoms with Crippen LogP contribution in [0.1, 0.15) is 44.9 Å². The molecule has 0 radical (unpaired) electrons. The summed E-state index contributed by atoms with van der Waals surface area (Å²) in [4.78, 5) is 6.98. The average molecular weight is 488 g/mol. The van der Waals surface area contributed by atoms with E-state index in [2.05, 4.69) is 40.4 Å². The number of fused-ring (bicyclic) bond motifs is 1. The van der Waals surface area contributed by atoms with Crippen LogP contribution in [0.15, 0.2) is 27.8 Å². The molecule has 1 aromatic rings. The molecule has 3 heterocycles. The number of hydrogen-bond acceptors (Lipinski definition) is 4. The smallest absolute Gasteiger partial charge is 0.191 e. The second-order valence-corrected chi connectivity index (χ2v) is 8.41. The third kappa shape index (κ3) is 4.00. The first kappa shape index (κ1) is 20.9. The Bertz CT molecular complexity index is 628. The molecule has 1 aliphatic carbocycles. The summed E-state index contributed by atoms with van der Waals surface area (Å²) in [5.74, 6) is 2.51. The Balaban J connectivity index is 0.00000210. The molecule has 27 heavy (non-hydrogen) atoms. The zero-order valence-electron chi connectivity index (χ0n) is 16.6. The van der Waals surface area contributed by atoms with E-state index in [1.807, 2.05) is 13.1 Å². The lowest BCUT2D eigenvalue weighted by atomic mass is 9.57. The normalized spacial score (nSPS) is 30.9. The topological polar surface area (TPSA) is 62.0 Å². The van der Waals surface area contributed by atoms with E-state index in [4.69, 9.17) is 9.15 Å². The zero-order chi connectivity index (χ0) is 18.1. The van der Waals surface area contributed by atoms with Gasteiger partial charge in [0.2, 0.25) is 0 Å². The molecule has 3 fully saturated rings. The maximum atomic E-state index is 5.91. The van der Waals surface area contributed by atoms with Gasteiger partial charge in [0.15, 0.2) is 5.96 Å². The maximum Gasteiger partial charge on any atom is 0.191 e. The van der Waals surface area contributed by atoms with Gasteiger partial charge in [-0.1, -0.05) is 13.8 Å². The fourth-order valence-electron chi connectivity index (χ4n) is 5.10. The van der Waals surface area contributed by atoms with Gasteiger partial charge >= 0.3 is 0 Å². The molecule has 2 aliphatic heterocycles. The Morgan fingerprint density at radius 2 is 2.15 bits per heavy atom. The highest BCUT2D eigenvalue weighted by molar-refractivity contribution is 14.0. The van der Waals surface area contributed by atoms with Crippen LogP contribution in [-0.4, -0.2) is 56.3 Å². The molecule has 4 unspecified atom stereocenters. The minimum absolute atomic E-state index is 0. The van der Waals surface area contributed by atoms with Crippen LogP contribution in [0, 0.1) is 11.3 Å². The minimum Gasteiger partial charge on any atom is -0.468 e. The summed E-state index contributed by atoms with van der Waals surface area (Å²) < 4.78 is 11.6. The number of guanidine groups is 1. The highest BCUT2D eigenvalue weighted by Gasteiger charge is 2.59. The summed E-state index contributed by atoms with van der Waals surface area (Å²) >= 11 is 0. The zero-order valence-corrected chi connectivity index (χ0v) is 18.9. The first-order chi connectivity index (χ1) is 12.6. The molecule has 0 amide bonds. The summed E-state index contributed by atoms with van der Waals surface area (Å²) in [5.41, 5.74) is 0.147. The molecule has 7 heteroatoms. The first-order valence-corrected chi connectivity index (χ1v) is 9.97. The van der Waals surface area contributed by atoms with Crippen molar-refractivity contribution in [2.75, 3.05) is 33.3 Å². The molecule has 152 valence electrons. The highest BCUT2D eigenvalue weighted by Crippen LogP contribution is 2.52. The van der Waals surface area contributed by atoms with Gasteiger partial charge in [-0.15, -0.1) is 24.0 Å². The number of aliphatic imine (C=N–C) groups is 1. The van der Waals surface area contributed by atoms with Crippen molar-refractivity contribution in [2.45, 2.75) is 51.3 Å². The second kappa shape index (κ2) is 8.69. The monoisotopic (exact) mass is 488 g/mol. The molecule has 6 nitrogen and oxygen atoms in total. The van der Waals surface area contributed by atoms with Crippen molar-refractivity contribution in [3.63, 3.8) is 0 Å². The van der Waals surface area contributed by atoms with Gasteiger partial charge in [0.05, 0.1) is 18.4 Å². The van der Waals surface area contributed by atoms with E-state index in [1.165, 1.54) is 12.8 Å².